The Labute approximate surface area is 87.3 Å². The second-order valence-corrected chi connectivity index (χ2v) is 3.96. The van der Waals surface area contributed by atoms with E-state index in [1.165, 1.54) is 12.8 Å². The van der Waals surface area contributed by atoms with Crippen LogP contribution in [-0.2, 0) is 0 Å². The second kappa shape index (κ2) is 6.86. The molecule has 0 aromatic rings. The van der Waals surface area contributed by atoms with Gasteiger partial charge in [0.2, 0.25) is 0 Å². The summed E-state index contributed by atoms with van der Waals surface area (Å²) in [6.45, 7) is 3.86. The molecule has 2 N–H and O–H groups in total. The standard InChI is InChI=1S/C12H22O2/c1-4-6-7-8-9-12(14,5-2)11(3)10-13/h2,11,13-14H,4,6-10H2,1,3H3. The lowest BCUT2D eigenvalue weighted by atomic mass is 9.85. The first kappa shape index (κ1) is 13.5. The van der Waals surface area contributed by atoms with Crippen LogP contribution in [0, 0.1) is 18.3 Å². The molecular weight excluding hydrogens is 176 g/mol. The summed E-state index contributed by atoms with van der Waals surface area (Å²) >= 11 is 0. The van der Waals surface area contributed by atoms with E-state index >= 15 is 0 Å². The van der Waals surface area contributed by atoms with E-state index in [-0.39, 0.29) is 12.5 Å². The summed E-state index contributed by atoms with van der Waals surface area (Å²) in [6, 6.07) is 0. The number of aliphatic hydroxyl groups excluding tert-OH is 1. The van der Waals surface area contributed by atoms with Gasteiger partial charge in [-0.2, -0.15) is 0 Å². The van der Waals surface area contributed by atoms with Crippen molar-refractivity contribution in [2.24, 2.45) is 5.92 Å². The smallest absolute Gasteiger partial charge is 0.129 e. The normalized spacial score (nSPS) is 17.1. The van der Waals surface area contributed by atoms with E-state index in [1.54, 1.807) is 6.92 Å². The molecule has 0 bridgehead atoms. The second-order valence-electron chi connectivity index (χ2n) is 3.96. The monoisotopic (exact) mass is 198 g/mol. The summed E-state index contributed by atoms with van der Waals surface area (Å²) in [5.74, 6) is 2.16. The average molecular weight is 198 g/mol. The number of hydrogen-bond donors (Lipinski definition) is 2. The largest absolute Gasteiger partial charge is 0.396 e. The first-order chi connectivity index (χ1) is 6.60. The highest BCUT2D eigenvalue weighted by Gasteiger charge is 2.30. The highest BCUT2D eigenvalue weighted by Crippen LogP contribution is 2.23. The van der Waals surface area contributed by atoms with Gasteiger partial charge in [0, 0.05) is 12.5 Å². The van der Waals surface area contributed by atoms with Crippen molar-refractivity contribution in [3.05, 3.63) is 0 Å². The first-order valence-electron chi connectivity index (χ1n) is 5.41. The number of unbranched alkanes of at least 4 members (excludes halogenated alkanes) is 3. The maximum absolute atomic E-state index is 9.99. The van der Waals surface area contributed by atoms with Crippen molar-refractivity contribution in [2.45, 2.75) is 51.6 Å². The zero-order valence-corrected chi connectivity index (χ0v) is 9.29. The van der Waals surface area contributed by atoms with Gasteiger partial charge >= 0.3 is 0 Å². The summed E-state index contributed by atoms with van der Waals surface area (Å²) < 4.78 is 0. The van der Waals surface area contributed by atoms with Crippen molar-refractivity contribution < 1.29 is 10.2 Å². The van der Waals surface area contributed by atoms with Crippen LogP contribution in [0.25, 0.3) is 0 Å². The predicted molar refractivity (Wildman–Crippen MR) is 58.8 cm³/mol. The number of hydrogen-bond acceptors (Lipinski definition) is 2. The molecule has 0 rings (SSSR count). The van der Waals surface area contributed by atoms with E-state index < -0.39 is 5.60 Å². The van der Waals surface area contributed by atoms with Gasteiger partial charge in [-0.15, -0.1) is 6.42 Å². The lowest BCUT2D eigenvalue weighted by molar-refractivity contribution is 0.00925. The van der Waals surface area contributed by atoms with Gasteiger partial charge in [-0.25, -0.2) is 0 Å². The highest BCUT2D eigenvalue weighted by molar-refractivity contribution is 5.09. The van der Waals surface area contributed by atoms with Crippen molar-refractivity contribution in [1.82, 2.24) is 0 Å². The van der Waals surface area contributed by atoms with Gasteiger partial charge < -0.3 is 10.2 Å². The number of aliphatic hydroxyl groups is 2. The summed E-state index contributed by atoms with van der Waals surface area (Å²) in [4.78, 5) is 0. The summed E-state index contributed by atoms with van der Waals surface area (Å²) in [6.07, 6.45) is 10.2. The van der Waals surface area contributed by atoms with E-state index in [2.05, 4.69) is 12.8 Å². The van der Waals surface area contributed by atoms with Gasteiger partial charge in [0.25, 0.3) is 0 Å². The Morgan fingerprint density at radius 1 is 1.36 bits per heavy atom. The van der Waals surface area contributed by atoms with Crippen molar-refractivity contribution in [3.8, 4) is 12.3 Å². The van der Waals surface area contributed by atoms with Crippen molar-refractivity contribution in [2.75, 3.05) is 6.61 Å². The fraction of sp³-hybridized carbons (Fsp3) is 0.833. The molecule has 0 radical (unpaired) electrons. The maximum Gasteiger partial charge on any atom is 0.129 e. The molecule has 0 saturated carbocycles. The number of rotatable bonds is 7. The first-order valence-corrected chi connectivity index (χ1v) is 5.41. The lowest BCUT2D eigenvalue weighted by Crippen LogP contribution is -2.36. The van der Waals surface area contributed by atoms with Crippen LogP contribution in [0.4, 0.5) is 0 Å². The van der Waals surface area contributed by atoms with Crippen LogP contribution in [0.15, 0.2) is 0 Å². The van der Waals surface area contributed by atoms with Gasteiger partial charge in [-0.05, 0) is 12.8 Å². The average Bonchev–Trinajstić information content (AvgIpc) is 2.22. The molecule has 2 heteroatoms. The molecule has 0 amide bonds. The van der Waals surface area contributed by atoms with Crippen molar-refractivity contribution >= 4 is 0 Å². The molecule has 0 aromatic carbocycles. The zero-order valence-electron chi connectivity index (χ0n) is 9.29. The zero-order chi connectivity index (χ0) is 11.0. The van der Waals surface area contributed by atoms with Gasteiger partial charge in [-0.1, -0.05) is 39.0 Å². The van der Waals surface area contributed by atoms with E-state index in [4.69, 9.17) is 11.5 Å². The molecule has 82 valence electrons. The molecule has 2 unspecified atom stereocenters. The van der Waals surface area contributed by atoms with E-state index in [0.717, 1.165) is 12.8 Å². The van der Waals surface area contributed by atoms with Crippen LogP contribution < -0.4 is 0 Å². The van der Waals surface area contributed by atoms with E-state index in [0.29, 0.717) is 6.42 Å². The van der Waals surface area contributed by atoms with Crippen LogP contribution in [0.1, 0.15) is 46.0 Å². The van der Waals surface area contributed by atoms with Gasteiger partial charge in [0.05, 0.1) is 0 Å². The minimum atomic E-state index is -1.12. The van der Waals surface area contributed by atoms with E-state index in [9.17, 15) is 5.11 Å². The van der Waals surface area contributed by atoms with E-state index in [1.807, 2.05) is 0 Å². The van der Waals surface area contributed by atoms with Gasteiger partial charge in [0.1, 0.15) is 5.60 Å². The van der Waals surface area contributed by atoms with Gasteiger partial charge in [0.15, 0.2) is 0 Å². The molecule has 2 atom stereocenters. The lowest BCUT2D eigenvalue weighted by Gasteiger charge is -2.27. The third-order valence-electron chi connectivity index (χ3n) is 2.75. The molecule has 0 aliphatic heterocycles. The topological polar surface area (TPSA) is 40.5 Å². The molecule has 0 aromatic heterocycles. The Bertz CT molecular complexity index is 183. The Kier molecular flexibility index (Phi) is 6.61. The fourth-order valence-electron chi connectivity index (χ4n) is 1.43. The SMILES string of the molecule is C#CC(O)(CCCCCC)C(C)CO. The van der Waals surface area contributed by atoms with Crippen molar-refractivity contribution in [3.63, 3.8) is 0 Å². The van der Waals surface area contributed by atoms with Gasteiger partial charge in [-0.3, -0.25) is 0 Å². The molecule has 0 saturated heterocycles. The molecule has 0 heterocycles. The molecule has 0 fully saturated rings. The number of terminal acetylenes is 1. The summed E-state index contributed by atoms with van der Waals surface area (Å²) in [5, 5.41) is 18.9. The predicted octanol–water partition coefficient (Wildman–Crippen LogP) is 1.95. The third-order valence-corrected chi connectivity index (χ3v) is 2.75. The maximum atomic E-state index is 9.99. The minimum Gasteiger partial charge on any atom is -0.396 e. The molecule has 0 aliphatic rings. The van der Waals surface area contributed by atoms with Crippen LogP contribution in [0.3, 0.4) is 0 Å². The molecule has 0 aliphatic carbocycles. The quantitative estimate of drug-likeness (QED) is 0.485. The summed E-state index contributed by atoms with van der Waals surface area (Å²) in [7, 11) is 0. The Morgan fingerprint density at radius 2 is 2.00 bits per heavy atom. The minimum absolute atomic E-state index is 0.0610. The van der Waals surface area contributed by atoms with Crippen LogP contribution >= 0.6 is 0 Å². The fourth-order valence-corrected chi connectivity index (χ4v) is 1.43. The highest BCUT2D eigenvalue weighted by atomic mass is 16.3. The Morgan fingerprint density at radius 3 is 2.43 bits per heavy atom. The molecule has 0 spiro atoms. The summed E-state index contributed by atoms with van der Waals surface area (Å²) in [5.41, 5.74) is -1.12. The molecular formula is C12H22O2. The Balaban J connectivity index is 3.95. The van der Waals surface area contributed by atoms with Crippen LogP contribution in [0.5, 0.6) is 0 Å². The molecule has 2 nitrogen and oxygen atoms in total. The Hall–Kier alpha value is -0.520. The third kappa shape index (κ3) is 4.13. The molecule has 14 heavy (non-hydrogen) atoms. The van der Waals surface area contributed by atoms with Crippen molar-refractivity contribution in [1.29, 1.82) is 0 Å². The van der Waals surface area contributed by atoms with Crippen LogP contribution in [0.2, 0.25) is 0 Å². The van der Waals surface area contributed by atoms with Crippen LogP contribution in [-0.4, -0.2) is 22.4 Å².